The number of carboxylic acid groups (broad SMARTS) is 1. The van der Waals surface area contributed by atoms with Gasteiger partial charge in [0, 0.05) is 16.5 Å². The molecule has 0 heterocycles. The van der Waals surface area contributed by atoms with Crippen molar-refractivity contribution in [2.24, 2.45) is 0 Å². The molecule has 2 rings (SSSR count). The van der Waals surface area contributed by atoms with Crippen LogP contribution in [0.3, 0.4) is 0 Å². The van der Waals surface area contributed by atoms with E-state index in [1.807, 2.05) is 0 Å². The van der Waals surface area contributed by atoms with Crippen molar-refractivity contribution in [2.45, 2.75) is 10.6 Å². The van der Waals surface area contributed by atoms with E-state index in [9.17, 15) is 17.8 Å². The number of hydrogen-bond acceptors (Lipinski definition) is 2. The van der Waals surface area contributed by atoms with Crippen molar-refractivity contribution in [3.63, 3.8) is 0 Å². The summed E-state index contributed by atoms with van der Waals surface area (Å²) in [5.74, 6) is -2.62. The first-order valence-corrected chi connectivity index (χ1v) is 6.95. The molecule has 0 radical (unpaired) electrons. The standard InChI is InChI=1S/C14H10F2O3S/c15-11-4-1-10(13(16)7-11)8-20(19)12-5-2-9(3-6-12)14(17)18/h1-7H,8H2,(H,17,18). The predicted octanol–water partition coefficient (Wildman–Crippen LogP) is 2.97. The van der Waals surface area contributed by atoms with E-state index in [4.69, 9.17) is 5.11 Å². The van der Waals surface area contributed by atoms with Gasteiger partial charge in [-0.05, 0) is 30.3 Å². The number of hydrogen-bond donors (Lipinski definition) is 1. The van der Waals surface area contributed by atoms with Crippen LogP contribution >= 0.6 is 0 Å². The lowest BCUT2D eigenvalue weighted by Gasteiger charge is -2.04. The van der Waals surface area contributed by atoms with Crippen molar-refractivity contribution in [2.75, 3.05) is 0 Å². The minimum absolute atomic E-state index is 0.0821. The lowest BCUT2D eigenvalue weighted by molar-refractivity contribution is 0.0697. The summed E-state index contributed by atoms with van der Waals surface area (Å²) in [5.41, 5.74) is 0.228. The van der Waals surface area contributed by atoms with Gasteiger partial charge in [0.2, 0.25) is 0 Å². The Morgan fingerprint density at radius 3 is 2.30 bits per heavy atom. The molecule has 0 amide bonds. The number of benzene rings is 2. The van der Waals surface area contributed by atoms with Crippen LogP contribution in [0.5, 0.6) is 0 Å². The molecular formula is C14H10F2O3S. The van der Waals surface area contributed by atoms with Crippen molar-refractivity contribution in [3.05, 3.63) is 65.2 Å². The Morgan fingerprint density at radius 1 is 1.10 bits per heavy atom. The van der Waals surface area contributed by atoms with Gasteiger partial charge in [-0.1, -0.05) is 6.07 Å². The minimum atomic E-state index is -1.53. The van der Waals surface area contributed by atoms with Crippen LogP contribution in [0.4, 0.5) is 8.78 Å². The zero-order valence-electron chi connectivity index (χ0n) is 10.2. The predicted molar refractivity (Wildman–Crippen MR) is 69.9 cm³/mol. The lowest BCUT2D eigenvalue weighted by Crippen LogP contribution is -2.01. The summed E-state index contributed by atoms with van der Waals surface area (Å²) >= 11 is 0. The maximum Gasteiger partial charge on any atom is 0.335 e. The number of halogens is 2. The monoisotopic (exact) mass is 296 g/mol. The van der Waals surface area contributed by atoms with Crippen molar-refractivity contribution >= 4 is 16.8 Å². The Balaban J connectivity index is 2.17. The second-order valence-electron chi connectivity index (χ2n) is 4.06. The van der Waals surface area contributed by atoms with E-state index in [1.54, 1.807) is 0 Å². The van der Waals surface area contributed by atoms with E-state index in [0.29, 0.717) is 4.90 Å². The highest BCUT2D eigenvalue weighted by Crippen LogP contribution is 2.16. The Kier molecular flexibility index (Phi) is 4.24. The SMILES string of the molecule is O=C(O)c1ccc(S(=O)Cc2ccc(F)cc2F)cc1. The van der Waals surface area contributed by atoms with Crippen LogP contribution in [0.25, 0.3) is 0 Å². The summed E-state index contributed by atoms with van der Waals surface area (Å²) in [6, 6.07) is 8.58. The maximum atomic E-state index is 13.4. The number of rotatable bonds is 4. The van der Waals surface area contributed by atoms with Crippen LogP contribution < -0.4 is 0 Å². The van der Waals surface area contributed by atoms with Crippen molar-refractivity contribution < 1.29 is 22.9 Å². The second kappa shape index (κ2) is 5.92. The minimum Gasteiger partial charge on any atom is -0.478 e. The van der Waals surface area contributed by atoms with Crippen molar-refractivity contribution in [3.8, 4) is 0 Å². The molecule has 0 saturated carbocycles. The summed E-state index contributed by atoms with van der Waals surface area (Å²) in [6.07, 6.45) is 0. The summed E-state index contributed by atoms with van der Waals surface area (Å²) in [5, 5.41) is 8.75. The molecule has 0 aliphatic carbocycles. The van der Waals surface area contributed by atoms with Crippen LogP contribution in [0.1, 0.15) is 15.9 Å². The molecule has 104 valence electrons. The van der Waals surface area contributed by atoms with E-state index in [1.165, 1.54) is 30.3 Å². The van der Waals surface area contributed by atoms with Gasteiger partial charge in [-0.3, -0.25) is 4.21 Å². The largest absolute Gasteiger partial charge is 0.478 e. The van der Waals surface area contributed by atoms with Gasteiger partial charge in [0.1, 0.15) is 11.6 Å². The Hall–Kier alpha value is -2.08. The number of carbonyl (C=O) groups is 1. The molecule has 0 fully saturated rings. The van der Waals surface area contributed by atoms with Gasteiger partial charge in [0.05, 0.1) is 22.1 Å². The van der Waals surface area contributed by atoms with E-state index in [0.717, 1.165) is 12.1 Å². The zero-order valence-corrected chi connectivity index (χ0v) is 11.0. The molecule has 0 aromatic heterocycles. The normalized spacial score (nSPS) is 12.1. The fourth-order valence-electron chi connectivity index (χ4n) is 1.61. The molecule has 0 aliphatic heterocycles. The first-order chi connectivity index (χ1) is 9.47. The zero-order chi connectivity index (χ0) is 14.7. The smallest absolute Gasteiger partial charge is 0.335 e. The second-order valence-corrected chi connectivity index (χ2v) is 5.51. The molecule has 1 atom stereocenters. The molecule has 2 aromatic carbocycles. The molecule has 3 nitrogen and oxygen atoms in total. The van der Waals surface area contributed by atoms with Gasteiger partial charge in [0.15, 0.2) is 0 Å². The Labute approximate surface area is 116 Å². The molecule has 6 heteroatoms. The quantitative estimate of drug-likeness (QED) is 0.943. The van der Waals surface area contributed by atoms with Gasteiger partial charge in [-0.25, -0.2) is 13.6 Å². The van der Waals surface area contributed by atoms with E-state index >= 15 is 0 Å². The fourth-order valence-corrected chi connectivity index (χ4v) is 2.74. The highest BCUT2D eigenvalue weighted by Gasteiger charge is 2.11. The van der Waals surface area contributed by atoms with Crippen LogP contribution in [0.15, 0.2) is 47.4 Å². The summed E-state index contributed by atoms with van der Waals surface area (Å²) < 4.78 is 38.2. The highest BCUT2D eigenvalue weighted by molar-refractivity contribution is 7.84. The third kappa shape index (κ3) is 3.27. The first kappa shape index (κ1) is 14.3. The van der Waals surface area contributed by atoms with Crippen LogP contribution in [0, 0.1) is 11.6 Å². The number of aromatic carboxylic acids is 1. The first-order valence-electron chi connectivity index (χ1n) is 5.63. The summed E-state index contributed by atoms with van der Waals surface area (Å²) in [6.45, 7) is 0. The van der Waals surface area contributed by atoms with Gasteiger partial charge >= 0.3 is 5.97 Å². The van der Waals surface area contributed by atoms with Gasteiger partial charge in [-0.2, -0.15) is 0 Å². The average molecular weight is 296 g/mol. The molecule has 0 saturated heterocycles. The molecule has 20 heavy (non-hydrogen) atoms. The van der Waals surface area contributed by atoms with Crippen LogP contribution in [-0.4, -0.2) is 15.3 Å². The highest BCUT2D eigenvalue weighted by atomic mass is 32.2. The van der Waals surface area contributed by atoms with Crippen LogP contribution in [-0.2, 0) is 16.6 Å². The van der Waals surface area contributed by atoms with Crippen molar-refractivity contribution in [1.29, 1.82) is 0 Å². The Bertz CT molecular complexity index is 669. The molecule has 1 unspecified atom stereocenters. The Morgan fingerprint density at radius 2 is 1.75 bits per heavy atom. The molecule has 0 aliphatic rings. The molecule has 0 spiro atoms. The molecule has 0 bridgehead atoms. The van der Waals surface area contributed by atoms with Crippen LogP contribution in [0.2, 0.25) is 0 Å². The lowest BCUT2D eigenvalue weighted by atomic mass is 10.2. The van der Waals surface area contributed by atoms with E-state index < -0.39 is 28.4 Å². The van der Waals surface area contributed by atoms with Gasteiger partial charge < -0.3 is 5.11 Å². The van der Waals surface area contributed by atoms with E-state index in [-0.39, 0.29) is 16.9 Å². The summed E-state index contributed by atoms with van der Waals surface area (Å²) in [7, 11) is -1.53. The average Bonchev–Trinajstić information content (AvgIpc) is 2.42. The van der Waals surface area contributed by atoms with Gasteiger partial charge in [-0.15, -0.1) is 0 Å². The third-order valence-corrected chi connectivity index (χ3v) is 4.04. The molecule has 1 N–H and O–H groups in total. The van der Waals surface area contributed by atoms with Gasteiger partial charge in [0.25, 0.3) is 0 Å². The maximum absolute atomic E-state index is 13.4. The summed E-state index contributed by atoms with van der Waals surface area (Å²) in [4.78, 5) is 11.1. The third-order valence-electron chi connectivity index (χ3n) is 2.67. The molecule has 2 aromatic rings. The van der Waals surface area contributed by atoms with Crippen molar-refractivity contribution in [1.82, 2.24) is 0 Å². The van der Waals surface area contributed by atoms with E-state index in [2.05, 4.69) is 0 Å². The fraction of sp³-hybridized carbons (Fsp3) is 0.0714. The topological polar surface area (TPSA) is 54.4 Å². The molecular weight excluding hydrogens is 286 g/mol. The number of carboxylic acids is 1.